The summed E-state index contributed by atoms with van der Waals surface area (Å²) in [7, 11) is 0. The van der Waals surface area contributed by atoms with E-state index in [1.807, 2.05) is 6.07 Å². The smallest absolute Gasteiger partial charge is 0.320 e. The molecule has 0 saturated carbocycles. The molecule has 0 saturated heterocycles. The molecule has 0 aliphatic heterocycles. The number of ether oxygens (including phenoxy) is 2. The topological polar surface area (TPSA) is 69.7 Å². The average Bonchev–Trinajstić information content (AvgIpc) is 2.69. The summed E-state index contributed by atoms with van der Waals surface area (Å²) in [6, 6.07) is 15.5. The number of ketones is 1. The Bertz CT molecular complexity index is 801. The van der Waals surface area contributed by atoms with Crippen LogP contribution in [0.4, 0.5) is 0 Å². The molecule has 2 aromatic rings. The Labute approximate surface area is 169 Å². The Kier molecular flexibility index (Phi) is 8.20. The predicted octanol–water partition coefficient (Wildman–Crippen LogP) is 4.44. The quantitative estimate of drug-likeness (QED) is 0.352. The first-order chi connectivity index (χ1) is 13.5. The zero-order chi connectivity index (χ0) is 20.5. The summed E-state index contributed by atoms with van der Waals surface area (Å²) in [4.78, 5) is 38.1. The van der Waals surface area contributed by atoms with E-state index in [4.69, 9.17) is 21.1 Å². The fraction of sp³-hybridized carbons (Fsp3) is 0.318. The molecule has 0 unspecified atom stereocenters. The van der Waals surface area contributed by atoms with Crippen molar-refractivity contribution in [3.63, 3.8) is 0 Å². The molecule has 0 bridgehead atoms. The van der Waals surface area contributed by atoms with Crippen molar-refractivity contribution >= 4 is 29.3 Å². The van der Waals surface area contributed by atoms with Gasteiger partial charge in [0, 0.05) is 22.9 Å². The number of benzene rings is 2. The van der Waals surface area contributed by atoms with Crippen molar-refractivity contribution in [2.24, 2.45) is 5.92 Å². The fourth-order valence-corrected chi connectivity index (χ4v) is 3.29. The summed E-state index contributed by atoms with van der Waals surface area (Å²) in [6.07, 6.45) is -0.0873. The summed E-state index contributed by atoms with van der Waals surface area (Å²) >= 11 is 6.34. The van der Waals surface area contributed by atoms with Crippen molar-refractivity contribution in [1.29, 1.82) is 0 Å². The first-order valence-corrected chi connectivity index (χ1v) is 9.53. The van der Waals surface area contributed by atoms with Crippen LogP contribution in [0.25, 0.3) is 0 Å². The van der Waals surface area contributed by atoms with E-state index in [0.717, 1.165) is 0 Å². The molecule has 0 radical (unpaired) electrons. The second kappa shape index (κ2) is 10.6. The first kappa shape index (κ1) is 21.6. The van der Waals surface area contributed by atoms with E-state index in [1.54, 1.807) is 62.4 Å². The van der Waals surface area contributed by atoms with E-state index < -0.39 is 23.8 Å². The zero-order valence-electron chi connectivity index (χ0n) is 15.9. The summed E-state index contributed by atoms with van der Waals surface area (Å²) < 4.78 is 10.2. The lowest BCUT2D eigenvalue weighted by Gasteiger charge is -2.25. The minimum Gasteiger partial charge on any atom is -0.465 e. The molecular formula is C22H23ClO5. The minimum atomic E-state index is -1.28. The number of hydrogen-bond donors (Lipinski definition) is 0. The number of carbonyl (C=O) groups is 3. The Morgan fingerprint density at radius 2 is 1.39 bits per heavy atom. The molecule has 0 amide bonds. The normalized spacial score (nSPS) is 11.7. The number of hydrogen-bond acceptors (Lipinski definition) is 5. The van der Waals surface area contributed by atoms with Gasteiger partial charge in [-0.2, -0.15) is 0 Å². The van der Waals surface area contributed by atoms with Crippen LogP contribution in [0.2, 0.25) is 5.02 Å². The molecule has 0 heterocycles. The third-order valence-corrected chi connectivity index (χ3v) is 4.63. The van der Waals surface area contributed by atoms with Crippen LogP contribution >= 0.6 is 11.6 Å². The SMILES string of the molecule is CCOC(=O)C(C(=O)OCC)[C@@H](CC(=O)c1ccccc1)c1ccccc1Cl. The largest absolute Gasteiger partial charge is 0.465 e. The lowest BCUT2D eigenvalue weighted by molar-refractivity contribution is -0.162. The second-order valence-corrected chi connectivity index (χ2v) is 6.51. The summed E-state index contributed by atoms with van der Waals surface area (Å²) in [5.74, 6) is -3.76. The van der Waals surface area contributed by atoms with Gasteiger partial charge < -0.3 is 9.47 Å². The van der Waals surface area contributed by atoms with Crippen molar-refractivity contribution < 1.29 is 23.9 Å². The van der Waals surface area contributed by atoms with Gasteiger partial charge in [0.05, 0.1) is 13.2 Å². The third-order valence-electron chi connectivity index (χ3n) is 4.29. The average molecular weight is 403 g/mol. The third kappa shape index (κ3) is 5.42. The van der Waals surface area contributed by atoms with Crippen molar-refractivity contribution in [3.8, 4) is 0 Å². The van der Waals surface area contributed by atoms with Gasteiger partial charge in [-0.25, -0.2) is 0 Å². The van der Waals surface area contributed by atoms with Crippen LogP contribution in [-0.4, -0.2) is 30.9 Å². The van der Waals surface area contributed by atoms with Gasteiger partial charge in [-0.15, -0.1) is 0 Å². The van der Waals surface area contributed by atoms with Crippen molar-refractivity contribution in [2.45, 2.75) is 26.2 Å². The highest BCUT2D eigenvalue weighted by Gasteiger charge is 2.40. The van der Waals surface area contributed by atoms with Gasteiger partial charge in [0.2, 0.25) is 0 Å². The van der Waals surface area contributed by atoms with Crippen molar-refractivity contribution in [2.75, 3.05) is 13.2 Å². The number of halogens is 1. The monoisotopic (exact) mass is 402 g/mol. The van der Waals surface area contributed by atoms with Gasteiger partial charge in [0.15, 0.2) is 11.7 Å². The summed E-state index contributed by atoms with van der Waals surface area (Å²) in [5.41, 5.74) is 1.02. The lowest BCUT2D eigenvalue weighted by Crippen LogP contribution is -2.34. The Hall–Kier alpha value is -2.66. The van der Waals surface area contributed by atoms with Crippen molar-refractivity contribution in [1.82, 2.24) is 0 Å². The number of Topliss-reactive ketones (excluding diaryl/α,β-unsaturated/α-hetero) is 1. The van der Waals surface area contributed by atoms with Crippen molar-refractivity contribution in [3.05, 3.63) is 70.7 Å². The van der Waals surface area contributed by atoms with Crippen LogP contribution in [-0.2, 0) is 19.1 Å². The van der Waals surface area contributed by atoms with Crippen LogP contribution in [0.5, 0.6) is 0 Å². The highest BCUT2D eigenvalue weighted by atomic mass is 35.5. The molecule has 0 N–H and O–H groups in total. The van der Waals surface area contributed by atoms with Gasteiger partial charge in [-0.05, 0) is 25.5 Å². The molecule has 0 fully saturated rings. The van der Waals surface area contributed by atoms with Gasteiger partial charge in [0.25, 0.3) is 0 Å². The maximum atomic E-state index is 12.9. The van der Waals surface area contributed by atoms with Crippen LogP contribution in [0.3, 0.4) is 0 Å². The van der Waals surface area contributed by atoms with E-state index in [2.05, 4.69) is 0 Å². The molecule has 6 heteroatoms. The van der Waals surface area contributed by atoms with Crippen LogP contribution in [0.1, 0.15) is 42.1 Å². The maximum Gasteiger partial charge on any atom is 0.320 e. The fourth-order valence-electron chi connectivity index (χ4n) is 3.01. The van der Waals surface area contributed by atoms with E-state index >= 15 is 0 Å². The van der Waals surface area contributed by atoms with Gasteiger partial charge in [-0.3, -0.25) is 14.4 Å². The number of esters is 2. The van der Waals surface area contributed by atoms with E-state index in [0.29, 0.717) is 16.1 Å². The van der Waals surface area contributed by atoms with Gasteiger partial charge in [0.1, 0.15) is 0 Å². The highest BCUT2D eigenvalue weighted by Crippen LogP contribution is 2.35. The Morgan fingerprint density at radius 1 is 0.857 bits per heavy atom. The van der Waals surface area contributed by atoms with Crippen LogP contribution in [0, 0.1) is 5.92 Å². The molecule has 28 heavy (non-hydrogen) atoms. The van der Waals surface area contributed by atoms with Crippen LogP contribution < -0.4 is 0 Å². The molecule has 0 aromatic heterocycles. The number of carbonyl (C=O) groups excluding carboxylic acids is 3. The van der Waals surface area contributed by atoms with E-state index in [1.165, 1.54) is 0 Å². The summed E-state index contributed by atoms with van der Waals surface area (Å²) in [6.45, 7) is 3.52. The summed E-state index contributed by atoms with van der Waals surface area (Å²) in [5, 5.41) is 0.368. The minimum absolute atomic E-state index is 0.0873. The molecular weight excluding hydrogens is 380 g/mol. The van der Waals surface area contributed by atoms with Gasteiger partial charge in [-0.1, -0.05) is 60.1 Å². The maximum absolute atomic E-state index is 12.9. The predicted molar refractivity (Wildman–Crippen MR) is 106 cm³/mol. The number of rotatable bonds is 9. The molecule has 5 nitrogen and oxygen atoms in total. The van der Waals surface area contributed by atoms with E-state index in [-0.39, 0.29) is 25.4 Å². The molecule has 0 spiro atoms. The molecule has 1 atom stereocenters. The van der Waals surface area contributed by atoms with Gasteiger partial charge >= 0.3 is 11.9 Å². The molecule has 2 rings (SSSR count). The van der Waals surface area contributed by atoms with Crippen LogP contribution in [0.15, 0.2) is 54.6 Å². The molecule has 2 aromatic carbocycles. The molecule has 0 aliphatic carbocycles. The first-order valence-electron chi connectivity index (χ1n) is 9.15. The molecule has 148 valence electrons. The molecule has 0 aliphatic rings. The Balaban J connectivity index is 2.48. The highest BCUT2D eigenvalue weighted by molar-refractivity contribution is 6.31. The van der Waals surface area contributed by atoms with E-state index in [9.17, 15) is 14.4 Å². The standard InChI is InChI=1S/C22H23ClO5/c1-3-27-21(25)20(22(26)28-4-2)17(16-12-8-9-13-18(16)23)14-19(24)15-10-6-5-7-11-15/h5-13,17,20H,3-4,14H2,1-2H3/t17-/m0/s1. The second-order valence-electron chi connectivity index (χ2n) is 6.10. The Morgan fingerprint density at radius 3 is 1.93 bits per heavy atom. The zero-order valence-corrected chi connectivity index (χ0v) is 16.6. The lowest BCUT2D eigenvalue weighted by atomic mass is 9.81.